The van der Waals surface area contributed by atoms with Gasteiger partial charge in [-0.05, 0) is 33.6 Å². The molecule has 0 aromatic carbocycles. The summed E-state index contributed by atoms with van der Waals surface area (Å²) in [5.74, 6) is -0.309. The van der Waals surface area contributed by atoms with E-state index in [1.165, 1.54) is 4.52 Å². The summed E-state index contributed by atoms with van der Waals surface area (Å²) in [5.41, 5.74) is 1.02. The summed E-state index contributed by atoms with van der Waals surface area (Å²) >= 11 is 0. The molecule has 0 radical (unpaired) electrons. The molecule has 1 amide bonds. The second kappa shape index (κ2) is 8.16. The van der Waals surface area contributed by atoms with Crippen LogP contribution in [0, 0.1) is 5.82 Å². The maximum atomic E-state index is 14.4. The molecular weight excluding hydrogens is 403 g/mol. The monoisotopic (exact) mass is 430 g/mol. The minimum absolute atomic E-state index is 0.187. The van der Waals surface area contributed by atoms with Crippen molar-refractivity contribution in [2.75, 3.05) is 13.1 Å². The summed E-state index contributed by atoms with van der Waals surface area (Å²) in [6.07, 6.45) is 7.85. The van der Waals surface area contributed by atoms with Gasteiger partial charge in [0.2, 0.25) is 5.88 Å². The molecule has 4 heterocycles. The van der Waals surface area contributed by atoms with E-state index in [-0.39, 0.29) is 23.6 Å². The molecule has 10 heteroatoms. The molecule has 1 aliphatic rings. The van der Waals surface area contributed by atoms with E-state index in [0.29, 0.717) is 25.2 Å². The van der Waals surface area contributed by atoms with Crippen molar-refractivity contribution in [1.82, 2.24) is 29.3 Å². The number of halogens is 1. The van der Waals surface area contributed by atoms with Crippen LogP contribution >= 0.6 is 0 Å². The van der Waals surface area contributed by atoms with E-state index < -0.39 is 11.4 Å². The third-order valence-electron chi connectivity index (χ3n) is 5.03. The molecule has 1 saturated heterocycles. The Labute approximate surface area is 179 Å². The molecule has 0 saturated carbocycles. The topological polar surface area (TPSA) is 86.8 Å². The van der Waals surface area contributed by atoms with E-state index in [0.717, 1.165) is 24.6 Å². The third-order valence-corrected chi connectivity index (χ3v) is 5.03. The van der Waals surface area contributed by atoms with E-state index in [9.17, 15) is 9.18 Å². The number of carbonyl (C=O) groups excluding carboxylic acids is 1. The zero-order chi connectivity index (χ0) is 22.2. The molecule has 0 aliphatic carbocycles. The van der Waals surface area contributed by atoms with Crippen LogP contribution in [0.3, 0.4) is 0 Å². The van der Waals surface area contributed by atoms with E-state index in [4.69, 9.17) is 9.47 Å². The number of carbonyl (C=O) groups is 1. The predicted octanol–water partition coefficient (Wildman–Crippen LogP) is 3.44. The molecule has 0 bridgehead atoms. The summed E-state index contributed by atoms with van der Waals surface area (Å²) in [6, 6.07) is 0. The van der Waals surface area contributed by atoms with Crippen molar-refractivity contribution in [2.24, 2.45) is 7.05 Å². The number of aryl methyl sites for hydroxylation is 1. The van der Waals surface area contributed by atoms with Gasteiger partial charge in [-0.25, -0.2) is 18.7 Å². The van der Waals surface area contributed by atoms with E-state index in [1.54, 1.807) is 22.0 Å². The molecular formula is C21H27FN6O3. The first-order chi connectivity index (χ1) is 14.7. The number of rotatable bonds is 3. The quantitative estimate of drug-likeness (QED) is 0.633. The van der Waals surface area contributed by atoms with Crippen molar-refractivity contribution in [3.63, 3.8) is 0 Å². The van der Waals surface area contributed by atoms with Crippen LogP contribution in [0.2, 0.25) is 0 Å². The Balaban J connectivity index is 1.54. The van der Waals surface area contributed by atoms with Crippen LogP contribution in [-0.4, -0.2) is 60.2 Å². The zero-order valence-corrected chi connectivity index (χ0v) is 18.2. The van der Waals surface area contributed by atoms with Crippen molar-refractivity contribution >= 4 is 11.6 Å². The highest BCUT2D eigenvalue weighted by molar-refractivity contribution is 5.68. The largest absolute Gasteiger partial charge is 0.473 e. The highest BCUT2D eigenvalue weighted by atomic mass is 19.1. The van der Waals surface area contributed by atoms with E-state index in [1.807, 2.05) is 34.0 Å². The van der Waals surface area contributed by atoms with Crippen LogP contribution in [0.5, 0.6) is 5.88 Å². The first kappa shape index (κ1) is 21.1. The molecule has 1 fully saturated rings. The van der Waals surface area contributed by atoms with Gasteiger partial charge in [0.1, 0.15) is 11.7 Å². The number of hydrogen-bond donors (Lipinski definition) is 0. The number of ether oxygens (including phenoxy) is 2. The average Bonchev–Trinajstić information content (AvgIpc) is 3.20. The van der Waals surface area contributed by atoms with Crippen LogP contribution in [-0.2, 0) is 11.8 Å². The molecule has 3 aromatic heterocycles. The van der Waals surface area contributed by atoms with Gasteiger partial charge in [-0.2, -0.15) is 10.2 Å². The van der Waals surface area contributed by atoms with Gasteiger partial charge < -0.3 is 14.4 Å². The fourth-order valence-corrected chi connectivity index (χ4v) is 3.57. The van der Waals surface area contributed by atoms with Crippen molar-refractivity contribution in [2.45, 2.75) is 51.7 Å². The summed E-state index contributed by atoms with van der Waals surface area (Å²) in [7, 11) is 1.81. The number of nitrogens with zero attached hydrogens (tertiary/aromatic N) is 6. The molecule has 1 atom stereocenters. The lowest BCUT2D eigenvalue weighted by Gasteiger charge is -2.26. The fourth-order valence-electron chi connectivity index (χ4n) is 3.57. The first-order valence-corrected chi connectivity index (χ1v) is 10.4. The molecule has 1 aliphatic heterocycles. The van der Waals surface area contributed by atoms with Gasteiger partial charge in [-0.15, -0.1) is 0 Å². The van der Waals surface area contributed by atoms with E-state index >= 15 is 0 Å². The average molecular weight is 430 g/mol. The lowest BCUT2D eigenvalue weighted by molar-refractivity contribution is 0.0252. The second-order valence-electron chi connectivity index (χ2n) is 8.76. The number of aromatic nitrogens is 5. The maximum Gasteiger partial charge on any atom is 0.410 e. The lowest BCUT2D eigenvalue weighted by Crippen LogP contribution is -2.37. The SMILES string of the molecule is Cn1cc(-c2cn3ncc(F)c3c(O[C@@H]3CCCN(C(=O)OC(C)(C)C)CC3)n2)cn1. The summed E-state index contributed by atoms with van der Waals surface area (Å²) in [5, 5.41) is 8.25. The van der Waals surface area contributed by atoms with Gasteiger partial charge in [0, 0.05) is 38.3 Å². The van der Waals surface area contributed by atoms with Crippen LogP contribution < -0.4 is 4.74 Å². The normalized spacial score (nSPS) is 17.6. The molecule has 0 spiro atoms. The van der Waals surface area contributed by atoms with Gasteiger partial charge in [0.05, 0.1) is 24.3 Å². The number of likely N-dealkylation sites (tertiary alicyclic amines) is 1. The zero-order valence-electron chi connectivity index (χ0n) is 18.2. The molecule has 31 heavy (non-hydrogen) atoms. The number of fused-ring (bicyclic) bond motifs is 1. The van der Waals surface area contributed by atoms with Crippen LogP contribution in [0.1, 0.15) is 40.0 Å². The molecule has 3 aromatic rings. The molecule has 9 nitrogen and oxygen atoms in total. The van der Waals surface area contributed by atoms with Gasteiger partial charge in [0.25, 0.3) is 0 Å². The van der Waals surface area contributed by atoms with Crippen LogP contribution in [0.25, 0.3) is 16.8 Å². The Bertz CT molecular complexity index is 1090. The minimum Gasteiger partial charge on any atom is -0.473 e. The molecule has 4 rings (SSSR count). The number of hydrogen-bond acceptors (Lipinski definition) is 6. The van der Waals surface area contributed by atoms with Crippen molar-refractivity contribution in [3.05, 3.63) is 30.6 Å². The lowest BCUT2D eigenvalue weighted by atomic mass is 10.1. The van der Waals surface area contributed by atoms with Gasteiger partial charge >= 0.3 is 6.09 Å². The van der Waals surface area contributed by atoms with Crippen molar-refractivity contribution < 1.29 is 18.7 Å². The Morgan fingerprint density at radius 2 is 1.97 bits per heavy atom. The fraction of sp³-hybridized carbons (Fsp3) is 0.524. The minimum atomic E-state index is -0.541. The number of amides is 1. The van der Waals surface area contributed by atoms with Crippen LogP contribution in [0.4, 0.5) is 9.18 Å². The van der Waals surface area contributed by atoms with Crippen molar-refractivity contribution in [3.8, 4) is 17.1 Å². The highest BCUT2D eigenvalue weighted by Gasteiger charge is 2.27. The predicted molar refractivity (Wildman–Crippen MR) is 111 cm³/mol. The standard InChI is InChI=1S/C21H27FN6O3/c1-21(2,3)31-20(29)27-8-5-6-15(7-9-27)30-19-18-16(22)11-24-28(18)13-17(25-19)14-10-23-26(4)12-14/h10-13,15H,5-9H2,1-4H3/t15-/m1/s1. The molecule has 0 unspecified atom stereocenters. The van der Waals surface area contributed by atoms with Gasteiger partial charge in [-0.1, -0.05) is 0 Å². The Hall–Kier alpha value is -3.17. The van der Waals surface area contributed by atoms with E-state index in [2.05, 4.69) is 15.2 Å². The summed E-state index contributed by atoms with van der Waals surface area (Å²) in [4.78, 5) is 18.7. The van der Waals surface area contributed by atoms with Gasteiger partial charge in [-0.3, -0.25) is 4.68 Å². The van der Waals surface area contributed by atoms with Crippen molar-refractivity contribution in [1.29, 1.82) is 0 Å². The molecule has 0 N–H and O–H groups in total. The third kappa shape index (κ3) is 4.78. The summed E-state index contributed by atoms with van der Waals surface area (Å²) in [6.45, 7) is 6.64. The Morgan fingerprint density at radius 3 is 2.68 bits per heavy atom. The van der Waals surface area contributed by atoms with Crippen LogP contribution in [0.15, 0.2) is 24.8 Å². The Morgan fingerprint density at radius 1 is 1.16 bits per heavy atom. The molecule has 166 valence electrons. The summed E-state index contributed by atoms with van der Waals surface area (Å²) < 4.78 is 29.2. The maximum absolute atomic E-state index is 14.4. The smallest absolute Gasteiger partial charge is 0.410 e. The Kier molecular flexibility index (Phi) is 5.55. The van der Waals surface area contributed by atoms with Gasteiger partial charge in [0.15, 0.2) is 11.3 Å². The first-order valence-electron chi connectivity index (χ1n) is 10.4. The highest BCUT2D eigenvalue weighted by Crippen LogP contribution is 2.28. The second-order valence-corrected chi connectivity index (χ2v) is 8.76.